The van der Waals surface area contributed by atoms with E-state index in [2.05, 4.69) is 56.1 Å². The third-order valence-corrected chi connectivity index (χ3v) is 4.39. The van der Waals surface area contributed by atoms with Crippen molar-refractivity contribution in [2.75, 3.05) is 5.32 Å². The van der Waals surface area contributed by atoms with Crippen LogP contribution in [-0.4, -0.2) is 9.55 Å². The fraction of sp³-hybridized carbons (Fsp3) is 0.438. The molecule has 0 saturated heterocycles. The fourth-order valence-electron chi connectivity index (χ4n) is 2.94. The highest BCUT2D eigenvalue weighted by atomic mass is 79.9. The Kier molecular flexibility index (Phi) is 4.10. The van der Waals surface area contributed by atoms with E-state index in [1.54, 1.807) is 0 Å². The molecule has 0 unspecified atom stereocenters. The third-order valence-electron chi connectivity index (χ3n) is 3.90. The second-order valence-electron chi connectivity index (χ2n) is 5.54. The Morgan fingerprint density at radius 2 is 2.05 bits per heavy atom. The first-order valence-corrected chi connectivity index (χ1v) is 8.10. The van der Waals surface area contributed by atoms with Crippen LogP contribution in [0.4, 0.5) is 11.6 Å². The molecule has 1 aliphatic rings. The molecule has 1 aromatic heterocycles. The summed E-state index contributed by atoms with van der Waals surface area (Å²) >= 11 is 3.51. The molecular weight excluding hydrogens is 314 g/mol. The second kappa shape index (κ2) is 6.00. The van der Waals surface area contributed by atoms with Gasteiger partial charge in [-0.2, -0.15) is 0 Å². The number of nitrogens with zero attached hydrogens (tertiary/aromatic N) is 2. The van der Waals surface area contributed by atoms with Crippen molar-refractivity contribution in [2.45, 2.75) is 45.1 Å². The SMILES string of the molecule is Cc1cn(C2CCCCC2)c(Nc2cccc(Br)c2)n1. The summed E-state index contributed by atoms with van der Waals surface area (Å²) < 4.78 is 3.41. The molecule has 1 aromatic carbocycles. The normalized spacial score (nSPS) is 16.3. The molecular formula is C16H20BrN3. The van der Waals surface area contributed by atoms with Crippen LogP contribution in [0.3, 0.4) is 0 Å². The first-order chi connectivity index (χ1) is 9.72. The minimum absolute atomic E-state index is 0.597. The van der Waals surface area contributed by atoms with Gasteiger partial charge in [0.15, 0.2) is 0 Å². The predicted molar refractivity (Wildman–Crippen MR) is 86.5 cm³/mol. The highest BCUT2D eigenvalue weighted by molar-refractivity contribution is 9.10. The first-order valence-electron chi connectivity index (χ1n) is 7.30. The van der Waals surface area contributed by atoms with Gasteiger partial charge in [0, 0.05) is 22.4 Å². The number of aryl methyl sites for hydroxylation is 1. The van der Waals surface area contributed by atoms with Crippen LogP contribution >= 0.6 is 15.9 Å². The van der Waals surface area contributed by atoms with E-state index >= 15 is 0 Å². The van der Waals surface area contributed by atoms with Crippen molar-refractivity contribution in [1.82, 2.24) is 9.55 Å². The molecule has 3 rings (SSSR count). The minimum Gasteiger partial charge on any atom is -0.326 e. The van der Waals surface area contributed by atoms with Crippen molar-refractivity contribution < 1.29 is 0 Å². The van der Waals surface area contributed by atoms with Crippen LogP contribution in [0.25, 0.3) is 0 Å². The van der Waals surface area contributed by atoms with Gasteiger partial charge >= 0.3 is 0 Å². The Balaban J connectivity index is 1.85. The number of imidazole rings is 1. The molecule has 0 amide bonds. The zero-order valence-corrected chi connectivity index (χ0v) is 13.4. The zero-order valence-electron chi connectivity index (χ0n) is 11.8. The van der Waals surface area contributed by atoms with E-state index in [9.17, 15) is 0 Å². The summed E-state index contributed by atoms with van der Waals surface area (Å²) in [5.74, 6) is 0.965. The number of hydrogen-bond acceptors (Lipinski definition) is 2. The molecule has 0 aliphatic heterocycles. The van der Waals surface area contributed by atoms with Crippen LogP contribution in [-0.2, 0) is 0 Å². The molecule has 1 heterocycles. The largest absolute Gasteiger partial charge is 0.326 e. The number of halogens is 1. The van der Waals surface area contributed by atoms with Crippen LogP contribution in [0, 0.1) is 6.92 Å². The molecule has 0 bridgehead atoms. The Bertz CT molecular complexity index is 585. The molecule has 3 nitrogen and oxygen atoms in total. The molecule has 1 fully saturated rings. The average molecular weight is 334 g/mol. The number of rotatable bonds is 3. The van der Waals surface area contributed by atoms with E-state index in [-0.39, 0.29) is 0 Å². The Morgan fingerprint density at radius 3 is 2.80 bits per heavy atom. The van der Waals surface area contributed by atoms with E-state index in [0.717, 1.165) is 21.8 Å². The van der Waals surface area contributed by atoms with Crippen LogP contribution < -0.4 is 5.32 Å². The lowest BCUT2D eigenvalue weighted by Crippen LogP contribution is -2.14. The van der Waals surface area contributed by atoms with Gasteiger partial charge in [-0.3, -0.25) is 0 Å². The first kappa shape index (κ1) is 13.7. The lowest BCUT2D eigenvalue weighted by molar-refractivity contribution is 0.356. The van der Waals surface area contributed by atoms with Gasteiger partial charge in [-0.1, -0.05) is 41.3 Å². The van der Waals surface area contributed by atoms with E-state index in [1.165, 1.54) is 32.1 Å². The summed E-state index contributed by atoms with van der Waals surface area (Å²) in [7, 11) is 0. The van der Waals surface area contributed by atoms with Gasteiger partial charge in [-0.25, -0.2) is 4.98 Å². The van der Waals surface area contributed by atoms with E-state index in [0.29, 0.717) is 6.04 Å². The molecule has 20 heavy (non-hydrogen) atoms. The summed E-state index contributed by atoms with van der Waals surface area (Å²) in [5.41, 5.74) is 2.15. The molecule has 1 saturated carbocycles. The van der Waals surface area contributed by atoms with Crippen molar-refractivity contribution in [3.05, 3.63) is 40.6 Å². The van der Waals surface area contributed by atoms with Gasteiger partial charge in [-0.05, 0) is 38.0 Å². The molecule has 2 aromatic rings. The van der Waals surface area contributed by atoms with E-state index in [4.69, 9.17) is 0 Å². The van der Waals surface area contributed by atoms with Crippen LogP contribution in [0.15, 0.2) is 34.9 Å². The molecule has 0 radical (unpaired) electrons. The van der Waals surface area contributed by atoms with Crippen molar-refractivity contribution in [1.29, 1.82) is 0 Å². The zero-order chi connectivity index (χ0) is 13.9. The molecule has 106 valence electrons. The lowest BCUT2D eigenvalue weighted by Gasteiger charge is -2.24. The van der Waals surface area contributed by atoms with Crippen LogP contribution in [0.5, 0.6) is 0 Å². The molecule has 4 heteroatoms. The Labute approximate surface area is 128 Å². The number of nitrogens with one attached hydrogen (secondary N) is 1. The Morgan fingerprint density at radius 1 is 1.25 bits per heavy atom. The van der Waals surface area contributed by atoms with Crippen LogP contribution in [0.2, 0.25) is 0 Å². The van der Waals surface area contributed by atoms with Crippen molar-refractivity contribution in [3.8, 4) is 0 Å². The maximum atomic E-state index is 4.65. The minimum atomic E-state index is 0.597. The predicted octanol–water partition coefficient (Wildman–Crippen LogP) is 5.20. The summed E-state index contributed by atoms with van der Waals surface area (Å²) in [6, 6.07) is 8.81. The average Bonchev–Trinajstić information content (AvgIpc) is 2.80. The number of anilines is 2. The standard InChI is InChI=1S/C16H20BrN3/c1-12-11-20(15-8-3-2-4-9-15)16(18-12)19-14-7-5-6-13(17)10-14/h5-7,10-11,15H,2-4,8-9H2,1H3,(H,18,19). The van der Waals surface area contributed by atoms with Crippen molar-refractivity contribution in [2.24, 2.45) is 0 Å². The quantitative estimate of drug-likeness (QED) is 0.836. The van der Waals surface area contributed by atoms with Crippen LogP contribution in [0.1, 0.15) is 43.8 Å². The van der Waals surface area contributed by atoms with Gasteiger partial charge in [0.1, 0.15) is 0 Å². The van der Waals surface area contributed by atoms with Gasteiger partial charge in [0.2, 0.25) is 5.95 Å². The molecule has 0 spiro atoms. The summed E-state index contributed by atoms with van der Waals surface area (Å²) in [4.78, 5) is 4.65. The van der Waals surface area contributed by atoms with Crippen molar-refractivity contribution in [3.63, 3.8) is 0 Å². The van der Waals surface area contributed by atoms with Gasteiger partial charge in [-0.15, -0.1) is 0 Å². The molecule has 1 N–H and O–H groups in total. The van der Waals surface area contributed by atoms with E-state index < -0.39 is 0 Å². The third kappa shape index (κ3) is 3.06. The fourth-order valence-corrected chi connectivity index (χ4v) is 3.34. The number of benzene rings is 1. The molecule has 1 aliphatic carbocycles. The second-order valence-corrected chi connectivity index (χ2v) is 6.46. The van der Waals surface area contributed by atoms with Crippen molar-refractivity contribution >= 4 is 27.6 Å². The van der Waals surface area contributed by atoms with Gasteiger partial charge in [0.25, 0.3) is 0 Å². The van der Waals surface area contributed by atoms with E-state index in [1.807, 2.05) is 12.1 Å². The number of hydrogen-bond donors (Lipinski definition) is 1. The monoisotopic (exact) mass is 333 g/mol. The van der Waals surface area contributed by atoms with Gasteiger partial charge < -0.3 is 9.88 Å². The lowest BCUT2D eigenvalue weighted by atomic mass is 9.95. The number of aromatic nitrogens is 2. The smallest absolute Gasteiger partial charge is 0.207 e. The van der Waals surface area contributed by atoms with Gasteiger partial charge in [0.05, 0.1) is 5.69 Å². The summed E-state index contributed by atoms with van der Waals surface area (Å²) in [6.45, 7) is 2.06. The topological polar surface area (TPSA) is 29.9 Å². The highest BCUT2D eigenvalue weighted by Gasteiger charge is 2.18. The summed E-state index contributed by atoms with van der Waals surface area (Å²) in [6.07, 6.45) is 8.75. The maximum absolute atomic E-state index is 4.65. The maximum Gasteiger partial charge on any atom is 0.207 e. The highest BCUT2D eigenvalue weighted by Crippen LogP contribution is 2.32. The molecule has 0 atom stereocenters. The summed E-state index contributed by atoms with van der Waals surface area (Å²) in [5, 5.41) is 3.45. The Hall–Kier alpha value is -1.29.